The highest BCUT2D eigenvalue weighted by Crippen LogP contribution is 2.40. The lowest BCUT2D eigenvalue weighted by Crippen LogP contribution is -2.34. The molecule has 2 fully saturated rings. The number of esters is 1. The SMILES string of the molecule is COCCCCCC1(CC[C@H]2C(O[Si+](C)C)CC(=O)C2CC#CCCCC(=O)OC)OCCO1. The van der Waals surface area contributed by atoms with Crippen LogP contribution in [0.3, 0.4) is 0 Å². The summed E-state index contributed by atoms with van der Waals surface area (Å²) in [4.78, 5) is 24.1. The molecule has 34 heavy (non-hydrogen) atoms. The molecule has 3 atom stereocenters. The van der Waals surface area contributed by atoms with Crippen LogP contribution in [0.5, 0.6) is 0 Å². The number of hydrogen-bond donors (Lipinski definition) is 0. The van der Waals surface area contributed by atoms with E-state index in [9.17, 15) is 9.59 Å². The van der Waals surface area contributed by atoms with E-state index in [2.05, 4.69) is 29.7 Å². The zero-order valence-corrected chi connectivity index (χ0v) is 22.5. The van der Waals surface area contributed by atoms with Crippen molar-refractivity contribution < 1.29 is 33.0 Å². The number of carbonyl (C=O) groups is 2. The van der Waals surface area contributed by atoms with Gasteiger partial charge in [0, 0.05) is 58.2 Å². The molecule has 0 aromatic heterocycles. The van der Waals surface area contributed by atoms with Gasteiger partial charge in [-0.3, -0.25) is 9.59 Å². The summed E-state index contributed by atoms with van der Waals surface area (Å²) in [5.41, 5.74) is 0. The second kappa shape index (κ2) is 15.7. The quantitative estimate of drug-likeness (QED) is 0.145. The van der Waals surface area contributed by atoms with Gasteiger partial charge >= 0.3 is 15.0 Å². The fourth-order valence-electron chi connectivity index (χ4n) is 4.89. The standard InChI is InChI=1S/C26H43O7Si/c1-29-17-11-7-10-15-26(31-18-19-32-26)16-14-22-21(23(27)20-24(22)33-34(3)4)12-8-5-6-9-13-25(28)30-2/h21-22,24H,6-7,9-20H2,1-4H3/q+1/t21?,22-,24?/m1/s1. The number of hydrogen-bond acceptors (Lipinski definition) is 7. The smallest absolute Gasteiger partial charge is 0.467 e. The van der Waals surface area contributed by atoms with E-state index in [0.717, 1.165) is 45.1 Å². The summed E-state index contributed by atoms with van der Waals surface area (Å²) in [5.74, 6) is 5.85. The fourth-order valence-corrected chi connectivity index (χ4v) is 5.76. The molecule has 1 saturated heterocycles. The normalized spacial score (nSPS) is 23.5. The fraction of sp³-hybridized carbons (Fsp3) is 0.846. The molecule has 0 radical (unpaired) electrons. The Morgan fingerprint density at radius 1 is 1.09 bits per heavy atom. The van der Waals surface area contributed by atoms with E-state index in [1.165, 1.54) is 7.11 Å². The van der Waals surface area contributed by atoms with Gasteiger partial charge in [-0.2, -0.15) is 0 Å². The predicted molar refractivity (Wildman–Crippen MR) is 131 cm³/mol. The zero-order chi connectivity index (χ0) is 24.8. The van der Waals surface area contributed by atoms with Crippen LogP contribution in [0.1, 0.15) is 70.6 Å². The lowest BCUT2D eigenvalue weighted by atomic mass is 9.85. The third kappa shape index (κ3) is 9.78. The molecule has 1 heterocycles. The molecule has 1 saturated carbocycles. The summed E-state index contributed by atoms with van der Waals surface area (Å²) in [7, 11) is 2.20. The van der Waals surface area contributed by atoms with Crippen molar-refractivity contribution in [2.24, 2.45) is 11.8 Å². The first-order chi connectivity index (χ1) is 16.4. The topological polar surface area (TPSA) is 80.3 Å². The van der Waals surface area contributed by atoms with E-state index in [1.54, 1.807) is 7.11 Å². The summed E-state index contributed by atoms with van der Waals surface area (Å²) in [6.45, 7) is 6.26. The van der Waals surface area contributed by atoms with Crippen LogP contribution >= 0.6 is 0 Å². The van der Waals surface area contributed by atoms with Gasteiger partial charge in [0.15, 0.2) is 5.79 Å². The molecule has 0 aromatic carbocycles. The summed E-state index contributed by atoms with van der Waals surface area (Å²) in [6.07, 6.45) is 8.28. The molecule has 0 amide bonds. The van der Waals surface area contributed by atoms with Crippen LogP contribution in [0.4, 0.5) is 0 Å². The van der Waals surface area contributed by atoms with E-state index in [-0.39, 0.29) is 29.7 Å². The van der Waals surface area contributed by atoms with Crippen molar-refractivity contribution in [3.05, 3.63) is 0 Å². The minimum atomic E-state index is -0.919. The Labute approximate surface area is 207 Å². The van der Waals surface area contributed by atoms with Gasteiger partial charge < -0.3 is 18.9 Å². The first-order valence-electron chi connectivity index (χ1n) is 12.7. The molecule has 1 aliphatic carbocycles. The van der Waals surface area contributed by atoms with Gasteiger partial charge in [0.25, 0.3) is 0 Å². The molecule has 1 aliphatic heterocycles. The average molecular weight is 496 g/mol. The van der Waals surface area contributed by atoms with Gasteiger partial charge in [-0.05, 0) is 31.6 Å². The summed E-state index contributed by atoms with van der Waals surface area (Å²) in [5, 5.41) is 0. The molecule has 2 aliphatic rings. The van der Waals surface area contributed by atoms with Gasteiger partial charge in [-0.1, -0.05) is 6.42 Å². The molecule has 0 bridgehead atoms. The van der Waals surface area contributed by atoms with E-state index in [4.69, 9.17) is 18.6 Å². The van der Waals surface area contributed by atoms with Crippen molar-refractivity contribution in [2.75, 3.05) is 34.0 Å². The van der Waals surface area contributed by atoms with Crippen molar-refractivity contribution in [3.63, 3.8) is 0 Å². The van der Waals surface area contributed by atoms with Crippen LogP contribution in [0.25, 0.3) is 0 Å². The zero-order valence-electron chi connectivity index (χ0n) is 21.5. The molecule has 2 rings (SSSR count). The maximum atomic E-state index is 12.9. The Morgan fingerprint density at radius 3 is 2.53 bits per heavy atom. The van der Waals surface area contributed by atoms with Crippen molar-refractivity contribution in [3.8, 4) is 11.8 Å². The number of methoxy groups -OCH3 is 2. The molecule has 0 aromatic rings. The van der Waals surface area contributed by atoms with Crippen LogP contribution in [0.15, 0.2) is 0 Å². The van der Waals surface area contributed by atoms with Crippen molar-refractivity contribution in [2.45, 2.75) is 95.6 Å². The summed E-state index contributed by atoms with van der Waals surface area (Å²) >= 11 is 0. The van der Waals surface area contributed by atoms with Gasteiger partial charge in [-0.25, -0.2) is 4.43 Å². The Kier molecular flexibility index (Phi) is 13.4. The molecular formula is C26H43O7Si+. The molecule has 0 spiro atoms. The van der Waals surface area contributed by atoms with E-state index in [0.29, 0.717) is 45.3 Å². The highest BCUT2D eigenvalue weighted by atomic mass is 28.3. The summed E-state index contributed by atoms with van der Waals surface area (Å²) < 4.78 is 28.3. The minimum absolute atomic E-state index is 0.0392. The first kappa shape index (κ1) is 29.0. The second-order valence-corrected chi connectivity index (χ2v) is 11.5. The predicted octanol–water partition coefficient (Wildman–Crippen LogP) is 4.29. The Bertz CT molecular complexity index is 678. The van der Waals surface area contributed by atoms with Gasteiger partial charge in [0.2, 0.25) is 0 Å². The number of ether oxygens (including phenoxy) is 4. The molecule has 8 heteroatoms. The highest BCUT2D eigenvalue weighted by molar-refractivity contribution is 6.48. The number of Topliss-reactive ketones (excluding diaryl/α,β-unsaturated/α-hetero) is 1. The monoisotopic (exact) mass is 495 g/mol. The van der Waals surface area contributed by atoms with Crippen molar-refractivity contribution in [1.29, 1.82) is 0 Å². The third-order valence-corrected chi connectivity index (χ3v) is 7.41. The Hall–Kier alpha value is -1.24. The molecule has 0 N–H and O–H groups in total. The van der Waals surface area contributed by atoms with Crippen LogP contribution in [-0.2, 0) is 33.0 Å². The Balaban J connectivity index is 1.95. The lowest BCUT2D eigenvalue weighted by molar-refractivity contribution is -0.171. The highest BCUT2D eigenvalue weighted by Gasteiger charge is 2.47. The van der Waals surface area contributed by atoms with Crippen LogP contribution < -0.4 is 0 Å². The van der Waals surface area contributed by atoms with Gasteiger partial charge in [0.1, 0.15) is 11.9 Å². The number of unbranched alkanes of at least 4 members (excludes halogenated alkanes) is 3. The number of rotatable bonds is 15. The Morgan fingerprint density at radius 2 is 1.85 bits per heavy atom. The minimum Gasteiger partial charge on any atom is -0.469 e. The number of carbonyl (C=O) groups excluding carboxylic acids is 2. The molecule has 192 valence electrons. The van der Waals surface area contributed by atoms with E-state index < -0.39 is 14.8 Å². The molecule has 7 nitrogen and oxygen atoms in total. The largest absolute Gasteiger partial charge is 0.469 e. The first-order valence-corrected chi connectivity index (χ1v) is 15.1. The molecular weight excluding hydrogens is 452 g/mol. The molecule has 2 unspecified atom stereocenters. The second-order valence-electron chi connectivity index (χ2n) is 9.44. The van der Waals surface area contributed by atoms with Crippen LogP contribution in [0.2, 0.25) is 13.1 Å². The third-order valence-electron chi connectivity index (χ3n) is 6.63. The van der Waals surface area contributed by atoms with Crippen molar-refractivity contribution >= 4 is 20.8 Å². The lowest BCUT2D eigenvalue weighted by Gasteiger charge is -2.30. The van der Waals surface area contributed by atoms with E-state index >= 15 is 0 Å². The summed E-state index contributed by atoms with van der Waals surface area (Å²) in [6, 6.07) is 0. The van der Waals surface area contributed by atoms with E-state index in [1.807, 2.05) is 0 Å². The van der Waals surface area contributed by atoms with Crippen LogP contribution in [-0.4, -0.2) is 66.7 Å². The van der Waals surface area contributed by atoms with Gasteiger partial charge in [0.05, 0.1) is 33.4 Å². The maximum absolute atomic E-state index is 12.9. The number of ketones is 1. The van der Waals surface area contributed by atoms with Crippen molar-refractivity contribution in [1.82, 2.24) is 0 Å². The average Bonchev–Trinajstić information content (AvgIpc) is 3.38. The van der Waals surface area contributed by atoms with Crippen LogP contribution in [0, 0.1) is 23.7 Å². The van der Waals surface area contributed by atoms with Gasteiger partial charge in [-0.15, -0.1) is 11.8 Å². The maximum Gasteiger partial charge on any atom is 0.467 e.